The molecule has 0 spiro atoms. The lowest BCUT2D eigenvalue weighted by atomic mass is 9.75. The van der Waals surface area contributed by atoms with Crippen LogP contribution in [0.1, 0.15) is 39.3 Å². The smallest absolute Gasteiger partial charge is 0.404 e. The highest BCUT2D eigenvalue weighted by Crippen LogP contribution is 2.34. The summed E-state index contributed by atoms with van der Waals surface area (Å²) in [7, 11) is 0. The maximum Gasteiger partial charge on any atom is 0.404 e. The van der Waals surface area contributed by atoms with Gasteiger partial charge in [0.05, 0.1) is 12.2 Å². The van der Waals surface area contributed by atoms with Gasteiger partial charge in [-0.2, -0.15) is 9.97 Å². The third-order valence-corrected chi connectivity index (χ3v) is 6.16. The number of aromatic nitrogens is 4. The van der Waals surface area contributed by atoms with Crippen molar-refractivity contribution in [1.82, 2.24) is 25.3 Å². The van der Waals surface area contributed by atoms with E-state index < -0.39 is 6.09 Å². The van der Waals surface area contributed by atoms with E-state index >= 15 is 0 Å². The maximum absolute atomic E-state index is 13.3. The molecular weight excluding hydrogens is 463 g/mol. The Labute approximate surface area is 209 Å². The highest BCUT2D eigenvalue weighted by molar-refractivity contribution is 5.65. The number of nitrogens with zero attached hydrogens (tertiary/aromatic N) is 5. The SMILES string of the molecule is CC(Nc1nc(Nc2cnccn2)cc(N2CC(C(NC(=O)O)C(C)(C)C)C2)n1)c1ccc(F)cc1. The lowest BCUT2D eigenvalue weighted by molar-refractivity contribution is 0.141. The van der Waals surface area contributed by atoms with Crippen LogP contribution in [0.25, 0.3) is 0 Å². The van der Waals surface area contributed by atoms with Gasteiger partial charge in [0.25, 0.3) is 0 Å². The number of hydrogen-bond acceptors (Lipinski definition) is 8. The average Bonchev–Trinajstić information content (AvgIpc) is 2.77. The monoisotopic (exact) mass is 494 g/mol. The van der Waals surface area contributed by atoms with Crippen LogP contribution >= 0.6 is 0 Å². The van der Waals surface area contributed by atoms with Gasteiger partial charge < -0.3 is 26.0 Å². The second-order valence-electron chi connectivity index (χ2n) is 10.0. The molecule has 4 N–H and O–H groups in total. The van der Waals surface area contributed by atoms with E-state index in [0.717, 1.165) is 5.56 Å². The van der Waals surface area contributed by atoms with Crippen molar-refractivity contribution in [2.45, 2.75) is 39.8 Å². The van der Waals surface area contributed by atoms with Gasteiger partial charge in [-0.1, -0.05) is 32.9 Å². The number of carboxylic acid groups (broad SMARTS) is 1. The van der Waals surface area contributed by atoms with Crippen molar-refractivity contribution in [2.75, 3.05) is 28.6 Å². The van der Waals surface area contributed by atoms with Crippen molar-refractivity contribution in [3.05, 3.63) is 60.3 Å². The first-order chi connectivity index (χ1) is 17.1. The highest BCUT2D eigenvalue weighted by Gasteiger charge is 2.41. The molecule has 3 heterocycles. The van der Waals surface area contributed by atoms with Gasteiger partial charge in [-0.05, 0) is 30.0 Å². The predicted molar refractivity (Wildman–Crippen MR) is 136 cm³/mol. The third kappa shape index (κ3) is 6.15. The Morgan fingerprint density at radius 2 is 1.86 bits per heavy atom. The van der Waals surface area contributed by atoms with Crippen LogP contribution in [0.4, 0.5) is 32.6 Å². The molecule has 3 aromatic rings. The van der Waals surface area contributed by atoms with Gasteiger partial charge in [-0.3, -0.25) is 4.98 Å². The summed E-state index contributed by atoms with van der Waals surface area (Å²) < 4.78 is 13.3. The summed E-state index contributed by atoms with van der Waals surface area (Å²) in [5, 5.41) is 18.5. The Kier molecular flexibility index (Phi) is 7.18. The molecular formula is C25H31FN8O2. The van der Waals surface area contributed by atoms with Crippen molar-refractivity contribution in [2.24, 2.45) is 11.3 Å². The number of halogens is 1. The standard InChI is InChI=1S/C25H31FN8O2/c1-15(16-5-7-18(26)8-6-16)29-23-31-19(30-20-12-27-9-10-28-20)11-21(32-23)34-13-17(14-34)22(25(2,3)4)33-24(35)36/h5-12,15,17,22,33H,13-14H2,1-4H3,(H,35,36)(H2,28,29,30,31,32). The zero-order chi connectivity index (χ0) is 25.9. The molecule has 190 valence electrons. The Morgan fingerprint density at radius 1 is 1.14 bits per heavy atom. The molecule has 0 bridgehead atoms. The molecule has 1 fully saturated rings. The minimum absolute atomic E-state index is 0.141. The first-order valence-electron chi connectivity index (χ1n) is 11.8. The van der Waals surface area contributed by atoms with Gasteiger partial charge in [0.2, 0.25) is 5.95 Å². The van der Waals surface area contributed by atoms with Gasteiger partial charge in [-0.25, -0.2) is 14.2 Å². The lowest BCUT2D eigenvalue weighted by Gasteiger charge is -2.48. The molecule has 0 aliphatic carbocycles. The lowest BCUT2D eigenvalue weighted by Crippen LogP contribution is -2.60. The molecule has 36 heavy (non-hydrogen) atoms. The molecule has 11 heteroatoms. The fraction of sp³-hybridized carbons (Fsp3) is 0.400. The van der Waals surface area contributed by atoms with Gasteiger partial charge >= 0.3 is 6.09 Å². The van der Waals surface area contributed by atoms with E-state index in [-0.39, 0.29) is 29.2 Å². The van der Waals surface area contributed by atoms with Crippen LogP contribution in [0, 0.1) is 17.2 Å². The van der Waals surface area contributed by atoms with E-state index in [0.29, 0.717) is 36.5 Å². The second-order valence-corrected chi connectivity index (χ2v) is 10.0. The molecule has 0 radical (unpaired) electrons. The van der Waals surface area contributed by atoms with Crippen LogP contribution in [0.2, 0.25) is 0 Å². The Balaban J connectivity index is 1.56. The summed E-state index contributed by atoms with van der Waals surface area (Å²) in [5.74, 6) is 2.02. The molecule has 0 saturated carbocycles. The van der Waals surface area contributed by atoms with Crippen molar-refractivity contribution in [3.63, 3.8) is 0 Å². The van der Waals surface area contributed by atoms with E-state index in [2.05, 4.69) is 35.8 Å². The van der Waals surface area contributed by atoms with E-state index in [1.165, 1.54) is 12.1 Å². The Morgan fingerprint density at radius 3 is 2.47 bits per heavy atom. The molecule has 4 rings (SSSR count). The van der Waals surface area contributed by atoms with Crippen LogP contribution in [-0.2, 0) is 0 Å². The van der Waals surface area contributed by atoms with Crippen LogP contribution in [0.5, 0.6) is 0 Å². The zero-order valence-corrected chi connectivity index (χ0v) is 20.7. The summed E-state index contributed by atoms with van der Waals surface area (Å²) >= 11 is 0. The van der Waals surface area contributed by atoms with Crippen molar-refractivity contribution >= 4 is 29.5 Å². The number of amides is 1. The molecule has 1 saturated heterocycles. The summed E-state index contributed by atoms with van der Waals surface area (Å²) in [6.45, 7) is 9.34. The average molecular weight is 495 g/mol. The number of benzene rings is 1. The Bertz CT molecular complexity index is 1180. The van der Waals surface area contributed by atoms with Gasteiger partial charge in [0.1, 0.15) is 23.3 Å². The number of rotatable bonds is 8. The number of hydrogen-bond donors (Lipinski definition) is 4. The van der Waals surface area contributed by atoms with Crippen LogP contribution < -0.4 is 20.9 Å². The summed E-state index contributed by atoms with van der Waals surface area (Å²) in [6.07, 6.45) is 3.75. The first-order valence-corrected chi connectivity index (χ1v) is 11.8. The molecule has 2 aromatic heterocycles. The number of anilines is 4. The largest absolute Gasteiger partial charge is 0.465 e. The predicted octanol–water partition coefficient (Wildman–Crippen LogP) is 4.44. The van der Waals surface area contributed by atoms with Crippen molar-refractivity contribution in [3.8, 4) is 0 Å². The summed E-state index contributed by atoms with van der Waals surface area (Å²) in [4.78, 5) is 31.1. The molecule has 1 aromatic carbocycles. The van der Waals surface area contributed by atoms with Crippen molar-refractivity contribution in [1.29, 1.82) is 0 Å². The topological polar surface area (TPSA) is 128 Å². The highest BCUT2D eigenvalue weighted by atomic mass is 19.1. The zero-order valence-electron chi connectivity index (χ0n) is 20.7. The van der Waals surface area contributed by atoms with Crippen molar-refractivity contribution < 1.29 is 14.3 Å². The molecule has 10 nitrogen and oxygen atoms in total. The maximum atomic E-state index is 13.3. The minimum atomic E-state index is -1.02. The van der Waals surface area contributed by atoms with E-state index in [4.69, 9.17) is 4.98 Å². The van der Waals surface area contributed by atoms with Crippen LogP contribution in [0.3, 0.4) is 0 Å². The van der Waals surface area contributed by atoms with Gasteiger partial charge in [0.15, 0.2) is 0 Å². The van der Waals surface area contributed by atoms with Gasteiger partial charge in [-0.15, -0.1) is 0 Å². The number of carbonyl (C=O) groups is 1. The number of nitrogens with one attached hydrogen (secondary N) is 3. The second kappa shape index (κ2) is 10.3. The fourth-order valence-corrected chi connectivity index (χ4v) is 4.33. The third-order valence-electron chi connectivity index (χ3n) is 6.16. The van der Waals surface area contributed by atoms with E-state index in [9.17, 15) is 14.3 Å². The molecule has 1 amide bonds. The molecule has 2 atom stereocenters. The first kappa shape index (κ1) is 25.1. The van der Waals surface area contributed by atoms with E-state index in [1.807, 2.05) is 33.8 Å². The van der Waals surface area contributed by atoms with Crippen LogP contribution in [-0.4, -0.2) is 50.3 Å². The summed E-state index contributed by atoms with van der Waals surface area (Å²) in [5.41, 5.74) is 0.669. The van der Waals surface area contributed by atoms with E-state index in [1.54, 1.807) is 30.7 Å². The Hall–Kier alpha value is -4.02. The normalized spacial score (nSPS) is 15.5. The van der Waals surface area contributed by atoms with Gasteiger partial charge in [0, 0.05) is 43.5 Å². The minimum Gasteiger partial charge on any atom is -0.465 e. The fourth-order valence-electron chi connectivity index (χ4n) is 4.33. The molecule has 1 aliphatic rings. The molecule has 2 unspecified atom stereocenters. The summed E-state index contributed by atoms with van der Waals surface area (Å²) in [6, 6.07) is 7.75. The van der Waals surface area contributed by atoms with Crippen LogP contribution in [0.15, 0.2) is 48.9 Å². The quantitative estimate of drug-likeness (QED) is 0.359. The molecule has 1 aliphatic heterocycles.